The fraction of sp³-hybridized carbons (Fsp3) is 0.267. The van der Waals surface area contributed by atoms with Crippen LogP contribution in [0.5, 0.6) is 0 Å². The number of urea groups is 1. The summed E-state index contributed by atoms with van der Waals surface area (Å²) in [6.45, 7) is 4.84. The summed E-state index contributed by atoms with van der Waals surface area (Å²) in [4.78, 5) is 33.1. The molecule has 0 radical (unpaired) electrons. The zero-order valence-electron chi connectivity index (χ0n) is 21.6. The van der Waals surface area contributed by atoms with Crippen LogP contribution in [-0.4, -0.2) is 46.4 Å². The molecule has 2 N–H and O–H groups in total. The second-order valence-corrected chi connectivity index (χ2v) is 9.74. The quantitative estimate of drug-likeness (QED) is 0.262. The van der Waals surface area contributed by atoms with Gasteiger partial charge in [-0.05, 0) is 41.7 Å². The topological polar surface area (TPSA) is 68.4 Å². The van der Waals surface area contributed by atoms with E-state index in [2.05, 4.69) is 10.3 Å². The van der Waals surface area contributed by atoms with Crippen molar-refractivity contribution in [2.45, 2.75) is 26.8 Å². The highest BCUT2D eigenvalue weighted by atomic mass is 19.1. The van der Waals surface area contributed by atoms with Crippen molar-refractivity contribution >= 4 is 28.5 Å². The molecule has 1 aromatic heterocycles. The van der Waals surface area contributed by atoms with Gasteiger partial charge in [0, 0.05) is 42.8 Å². The van der Waals surface area contributed by atoms with Crippen LogP contribution in [0.15, 0.2) is 79.0 Å². The van der Waals surface area contributed by atoms with Gasteiger partial charge in [-0.15, -0.1) is 0 Å². The van der Waals surface area contributed by atoms with E-state index in [-0.39, 0.29) is 24.1 Å². The van der Waals surface area contributed by atoms with Crippen molar-refractivity contribution in [1.29, 1.82) is 0 Å². The fourth-order valence-corrected chi connectivity index (χ4v) is 4.40. The van der Waals surface area contributed by atoms with E-state index in [0.29, 0.717) is 32.1 Å². The zero-order valence-corrected chi connectivity index (χ0v) is 21.6. The second-order valence-electron chi connectivity index (χ2n) is 9.74. The number of anilines is 1. The lowest BCUT2D eigenvalue weighted by Crippen LogP contribution is -2.46. The Balaban J connectivity index is 1.51. The van der Waals surface area contributed by atoms with Crippen molar-refractivity contribution in [3.63, 3.8) is 0 Å². The number of amides is 3. The summed E-state index contributed by atoms with van der Waals surface area (Å²) < 4.78 is 27.5. The summed E-state index contributed by atoms with van der Waals surface area (Å²) in [7, 11) is 0. The van der Waals surface area contributed by atoms with Crippen molar-refractivity contribution in [2.75, 3.05) is 25.0 Å². The number of rotatable bonds is 10. The summed E-state index contributed by atoms with van der Waals surface area (Å²) in [6, 6.07) is 20.0. The smallest absolute Gasteiger partial charge is 0.322 e. The third-order valence-electron chi connectivity index (χ3n) is 6.27. The van der Waals surface area contributed by atoms with Gasteiger partial charge in [0.05, 0.1) is 5.69 Å². The highest BCUT2D eigenvalue weighted by Gasteiger charge is 2.23. The normalized spacial score (nSPS) is 11.1. The lowest BCUT2D eigenvalue weighted by atomic mass is 10.1. The Morgan fingerprint density at radius 3 is 2.42 bits per heavy atom. The van der Waals surface area contributed by atoms with Gasteiger partial charge < -0.3 is 20.1 Å². The minimum Gasteiger partial charge on any atom is -0.361 e. The molecule has 0 bridgehead atoms. The molecule has 3 aromatic carbocycles. The lowest BCUT2D eigenvalue weighted by molar-refractivity contribution is -0.132. The first-order valence-corrected chi connectivity index (χ1v) is 12.7. The van der Waals surface area contributed by atoms with Crippen LogP contribution in [0.25, 0.3) is 10.9 Å². The van der Waals surface area contributed by atoms with Gasteiger partial charge in [-0.1, -0.05) is 62.4 Å². The SMILES string of the molecule is CC(C)CN(CC(=O)N(CCc1c[nH]c2ccccc12)Cc1ccccc1)C(=O)Nc1ccc(F)cc1F. The van der Waals surface area contributed by atoms with Crippen molar-refractivity contribution in [1.82, 2.24) is 14.8 Å². The van der Waals surface area contributed by atoms with Gasteiger partial charge in [0.1, 0.15) is 18.2 Å². The van der Waals surface area contributed by atoms with E-state index in [9.17, 15) is 18.4 Å². The molecule has 4 aromatic rings. The van der Waals surface area contributed by atoms with Gasteiger partial charge in [-0.3, -0.25) is 4.79 Å². The van der Waals surface area contributed by atoms with Gasteiger partial charge in [-0.2, -0.15) is 0 Å². The van der Waals surface area contributed by atoms with Crippen LogP contribution in [0.2, 0.25) is 0 Å². The molecular weight excluding hydrogens is 486 g/mol. The molecule has 0 fully saturated rings. The molecule has 0 saturated heterocycles. The van der Waals surface area contributed by atoms with Crippen LogP contribution in [0, 0.1) is 17.6 Å². The highest BCUT2D eigenvalue weighted by molar-refractivity contribution is 5.92. The molecule has 0 unspecified atom stereocenters. The van der Waals surface area contributed by atoms with E-state index >= 15 is 0 Å². The molecule has 198 valence electrons. The van der Waals surface area contributed by atoms with Crippen LogP contribution in [-0.2, 0) is 17.8 Å². The summed E-state index contributed by atoms with van der Waals surface area (Å²) >= 11 is 0. The zero-order chi connectivity index (χ0) is 27.1. The average molecular weight is 519 g/mol. The number of nitrogens with one attached hydrogen (secondary N) is 2. The summed E-state index contributed by atoms with van der Waals surface area (Å²) in [6.07, 6.45) is 2.60. The average Bonchev–Trinajstić information content (AvgIpc) is 3.31. The van der Waals surface area contributed by atoms with Gasteiger partial charge in [0.2, 0.25) is 5.91 Å². The van der Waals surface area contributed by atoms with Crippen LogP contribution in [0.3, 0.4) is 0 Å². The molecule has 0 aliphatic carbocycles. The predicted octanol–water partition coefficient (Wildman–Crippen LogP) is 6.21. The number of halogens is 2. The van der Waals surface area contributed by atoms with Gasteiger partial charge in [0.15, 0.2) is 0 Å². The first-order chi connectivity index (χ1) is 18.3. The number of hydrogen-bond acceptors (Lipinski definition) is 2. The van der Waals surface area contributed by atoms with E-state index in [1.807, 2.05) is 74.6 Å². The Bertz CT molecular complexity index is 1390. The molecule has 0 aliphatic rings. The Kier molecular flexibility index (Phi) is 8.73. The van der Waals surface area contributed by atoms with Crippen LogP contribution in [0.1, 0.15) is 25.0 Å². The molecule has 6 nitrogen and oxygen atoms in total. The maximum atomic E-state index is 14.2. The maximum Gasteiger partial charge on any atom is 0.322 e. The van der Waals surface area contributed by atoms with Gasteiger partial charge in [-0.25, -0.2) is 13.6 Å². The second kappa shape index (κ2) is 12.4. The van der Waals surface area contributed by atoms with E-state index in [1.165, 1.54) is 11.0 Å². The van der Waals surface area contributed by atoms with Gasteiger partial charge >= 0.3 is 6.03 Å². The molecule has 4 rings (SSSR count). The molecule has 0 aliphatic heterocycles. The van der Waals surface area contributed by atoms with E-state index in [0.717, 1.165) is 28.1 Å². The Morgan fingerprint density at radius 2 is 1.68 bits per heavy atom. The first-order valence-electron chi connectivity index (χ1n) is 12.7. The number of fused-ring (bicyclic) bond motifs is 1. The number of hydrogen-bond donors (Lipinski definition) is 2. The third-order valence-corrected chi connectivity index (χ3v) is 6.27. The maximum absolute atomic E-state index is 14.2. The first kappa shape index (κ1) is 26.9. The number of aromatic nitrogens is 1. The molecule has 0 atom stereocenters. The molecular formula is C30H32F2N4O2. The van der Waals surface area contributed by atoms with Gasteiger partial charge in [0.25, 0.3) is 0 Å². The number of H-pyrrole nitrogens is 1. The van der Waals surface area contributed by atoms with Crippen molar-refractivity contribution in [2.24, 2.45) is 5.92 Å². The Hall–Kier alpha value is -4.20. The summed E-state index contributed by atoms with van der Waals surface area (Å²) in [5, 5.41) is 3.59. The Labute approximate surface area is 221 Å². The standard InChI is InChI=1S/C30H32F2N4O2/c1-21(2)18-36(30(38)34-28-13-12-24(31)16-26(28)32)20-29(37)35(19-22-8-4-3-5-9-22)15-14-23-17-33-27-11-7-6-10-25(23)27/h3-13,16-17,21,33H,14-15,18-20H2,1-2H3,(H,34,38). The van der Waals surface area contributed by atoms with Crippen LogP contribution >= 0.6 is 0 Å². The Morgan fingerprint density at radius 1 is 0.947 bits per heavy atom. The number of benzene rings is 3. The molecule has 8 heteroatoms. The lowest BCUT2D eigenvalue weighted by Gasteiger charge is -2.29. The molecule has 38 heavy (non-hydrogen) atoms. The highest BCUT2D eigenvalue weighted by Crippen LogP contribution is 2.20. The number of aromatic amines is 1. The minimum absolute atomic E-state index is 0.0698. The van der Waals surface area contributed by atoms with Crippen LogP contribution in [0.4, 0.5) is 19.3 Å². The number of nitrogens with zero attached hydrogens (tertiary/aromatic N) is 2. The number of carbonyl (C=O) groups is 2. The largest absolute Gasteiger partial charge is 0.361 e. The molecule has 0 saturated carbocycles. The summed E-state index contributed by atoms with van der Waals surface area (Å²) in [5.41, 5.74) is 2.98. The van der Waals surface area contributed by atoms with Crippen molar-refractivity contribution in [3.05, 3.63) is 102 Å². The number of carbonyl (C=O) groups excluding carboxylic acids is 2. The van der Waals surface area contributed by atoms with E-state index in [4.69, 9.17) is 0 Å². The van der Waals surface area contributed by atoms with E-state index < -0.39 is 17.7 Å². The monoisotopic (exact) mass is 518 g/mol. The number of para-hydroxylation sites is 1. The van der Waals surface area contributed by atoms with Crippen LogP contribution < -0.4 is 5.32 Å². The molecule has 1 heterocycles. The molecule has 0 spiro atoms. The predicted molar refractivity (Wildman–Crippen MR) is 146 cm³/mol. The van der Waals surface area contributed by atoms with E-state index in [1.54, 1.807) is 4.90 Å². The summed E-state index contributed by atoms with van der Waals surface area (Å²) in [5.74, 6) is -1.76. The third kappa shape index (κ3) is 6.97. The van der Waals surface area contributed by atoms with Crippen molar-refractivity contribution in [3.8, 4) is 0 Å². The van der Waals surface area contributed by atoms with Crippen molar-refractivity contribution < 1.29 is 18.4 Å². The fourth-order valence-electron chi connectivity index (χ4n) is 4.40. The molecule has 3 amide bonds. The minimum atomic E-state index is -0.876.